The highest BCUT2D eigenvalue weighted by Crippen LogP contribution is 2.36. The number of methoxy groups -OCH3 is 1. The van der Waals surface area contributed by atoms with Crippen molar-refractivity contribution in [3.8, 4) is 0 Å². The molecule has 2 bridgehead atoms. The topological polar surface area (TPSA) is 29.5 Å². The minimum atomic E-state index is 0.238. The summed E-state index contributed by atoms with van der Waals surface area (Å²) < 4.78 is 5.36. The highest BCUT2D eigenvalue weighted by Gasteiger charge is 2.41. The number of ether oxygens (including phenoxy) is 1. The van der Waals surface area contributed by atoms with Crippen molar-refractivity contribution in [2.45, 2.75) is 50.8 Å². The van der Waals surface area contributed by atoms with Crippen LogP contribution in [0.5, 0.6) is 0 Å². The molecule has 2 rings (SSSR count). The molecule has 2 heterocycles. The minimum Gasteiger partial charge on any atom is -0.381 e. The summed E-state index contributed by atoms with van der Waals surface area (Å²) in [6, 6.07) is 0.919. The highest BCUT2D eigenvalue weighted by atomic mass is 16.5. The predicted molar refractivity (Wildman–Crippen MR) is 49.4 cm³/mol. The number of fused-ring (bicyclic) bond motifs is 2. The maximum Gasteiger partial charge on any atom is 0.219 e. The van der Waals surface area contributed by atoms with Gasteiger partial charge < -0.3 is 9.64 Å². The molecule has 2 unspecified atom stereocenters. The number of carbonyl (C=O) groups is 1. The lowest BCUT2D eigenvalue weighted by molar-refractivity contribution is -0.135. The third kappa shape index (κ3) is 1.46. The Morgan fingerprint density at radius 2 is 1.85 bits per heavy atom. The molecule has 2 aliphatic rings. The van der Waals surface area contributed by atoms with Crippen molar-refractivity contribution in [1.29, 1.82) is 0 Å². The average molecular weight is 183 g/mol. The Morgan fingerprint density at radius 1 is 1.31 bits per heavy atom. The van der Waals surface area contributed by atoms with Gasteiger partial charge >= 0.3 is 0 Å². The maximum absolute atomic E-state index is 11.3. The van der Waals surface area contributed by atoms with Gasteiger partial charge in [0.1, 0.15) is 0 Å². The van der Waals surface area contributed by atoms with Gasteiger partial charge in [-0.2, -0.15) is 0 Å². The van der Waals surface area contributed by atoms with Crippen molar-refractivity contribution in [2.24, 2.45) is 0 Å². The smallest absolute Gasteiger partial charge is 0.219 e. The van der Waals surface area contributed by atoms with Crippen molar-refractivity contribution >= 4 is 5.91 Å². The summed E-state index contributed by atoms with van der Waals surface area (Å²) in [6.45, 7) is 1.68. The second kappa shape index (κ2) is 3.29. The Morgan fingerprint density at radius 3 is 2.23 bits per heavy atom. The van der Waals surface area contributed by atoms with Gasteiger partial charge in [0, 0.05) is 26.1 Å². The molecule has 3 nitrogen and oxygen atoms in total. The summed E-state index contributed by atoms with van der Waals surface area (Å²) >= 11 is 0. The lowest BCUT2D eigenvalue weighted by Crippen LogP contribution is -2.47. The molecule has 0 aromatic rings. The zero-order valence-corrected chi connectivity index (χ0v) is 8.32. The first-order valence-corrected chi connectivity index (χ1v) is 5.04. The largest absolute Gasteiger partial charge is 0.381 e. The predicted octanol–water partition coefficient (Wildman–Crippen LogP) is 1.17. The summed E-state index contributed by atoms with van der Waals surface area (Å²) in [4.78, 5) is 13.4. The molecule has 0 saturated carbocycles. The van der Waals surface area contributed by atoms with E-state index in [1.165, 1.54) is 12.8 Å². The molecule has 2 atom stereocenters. The van der Waals surface area contributed by atoms with Crippen molar-refractivity contribution in [1.82, 2.24) is 4.90 Å². The molecular weight excluding hydrogens is 166 g/mol. The van der Waals surface area contributed by atoms with Gasteiger partial charge in [0.2, 0.25) is 5.91 Å². The molecule has 0 aromatic carbocycles. The number of nitrogens with zero attached hydrogens (tertiary/aromatic N) is 1. The van der Waals surface area contributed by atoms with Crippen LogP contribution in [0, 0.1) is 0 Å². The Labute approximate surface area is 79.0 Å². The zero-order valence-electron chi connectivity index (χ0n) is 8.32. The first-order valence-electron chi connectivity index (χ1n) is 5.04. The molecule has 2 saturated heterocycles. The van der Waals surface area contributed by atoms with Gasteiger partial charge in [0.25, 0.3) is 0 Å². The van der Waals surface area contributed by atoms with Gasteiger partial charge in [0.15, 0.2) is 0 Å². The van der Waals surface area contributed by atoms with E-state index >= 15 is 0 Å². The van der Waals surface area contributed by atoms with E-state index in [1.807, 2.05) is 0 Å². The van der Waals surface area contributed by atoms with Crippen molar-refractivity contribution in [2.75, 3.05) is 7.11 Å². The number of carbonyl (C=O) groups excluding carboxylic acids is 1. The second-order valence-corrected chi connectivity index (χ2v) is 4.14. The van der Waals surface area contributed by atoms with Gasteiger partial charge in [0.05, 0.1) is 6.10 Å². The van der Waals surface area contributed by atoms with Crippen molar-refractivity contribution < 1.29 is 9.53 Å². The van der Waals surface area contributed by atoms with Crippen LogP contribution in [0.15, 0.2) is 0 Å². The monoisotopic (exact) mass is 183 g/mol. The molecular formula is C10H17NO2. The zero-order chi connectivity index (χ0) is 9.42. The van der Waals surface area contributed by atoms with Crippen molar-refractivity contribution in [3.63, 3.8) is 0 Å². The molecule has 0 aromatic heterocycles. The van der Waals surface area contributed by atoms with Crippen molar-refractivity contribution in [3.05, 3.63) is 0 Å². The molecule has 1 amide bonds. The fourth-order valence-corrected chi connectivity index (χ4v) is 2.83. The van der Waals surface area contributed by atoms with E-state index in [9.17, 15) is 4.79 Å². The van der Waals surface area contributed by atoms with Gasteiger partial charge in [-0.3, -0.25) is 4.79 Å². The summed E-state index contributed by atoms with van der Waals surface area (Å²) in [7, 11) is 1.77. The van der Waals surface area contributed by atoms with E-state index in [-0.39, 0.29) is 5.91 Å². The molecule has 0 spiro atoms. The van der Waals surface area contributed by atoms with Crippen LogP contribution in [0.4, 0.5) is 0 Å². The fraction of sp³-hybridized carbons (Fsp3) is 0.900. The first-order chi connectivity index (χ1) is 6.22. The lowest BCUT2D eigenvalue weighted by atomic mass is 10.00. The summed E-state index contributed by atoms with van der Waals surface area (Å²) in [5.41, 5.74) is 0. The Hall–Kier alpha value is -0.570. The molecule has 2 aliphatic heterocycles. The van der Waals surface area contributed by atoms with Gasteiger partial charge in [-0.15, -0.1) is 0 Å². The Kier molecular flexibility index (Phi) is 2.28. The lowest BCUT2D eigenvalue weighted by Gasteiger charge is -2.37. The SMILES string of the molecule is COC1CC2CCC(C1)N2C(C)=O. The second-order valence-electron chi connectivity index (χ2n) is 4.14. The molecule has 13 heavy (non-hydrogen) atoms. The summed E-state index contributed by atoms with van der Waals surface area (Å²) in [5, 5.41) is 0. The van der Waals surface area contributed by atoms with Crippen LogP contribution in [-0.4, -0.2) is 36.1 Å². The number of amides is 1. The molecule has 0 radical (unpaired) electrons. The molecule has 0 aliphatic carbocycles. The van der Waals surface area contributed by atoms with Crippen LogP contribution < -0.4 is 0 Å². The summed E-state index contributed by atoms with van der Waals surface area (Å²) in [6.07, 6.45) is 4.79. The number of rotatable bonds is 1. The van der Waals surface area contributed by atoms with Crippen LogP contribution >= 0.6 is 0 Å². The fourth-order valence-electron chi connectivity index (χ4n) is 2.83. The van der Waals surface area contributed by atoms with E-state index in [4.69, 9.17) is 4.74 Å². The van der Waals surface area contributed by atoms with Crippen LogP contribution in [0.2, 0.25) is 0 Å². The summed E-state index contributed by atoms with van der Waals surface area (Å²) in [5.74, 6) is 0.238. The molecule has 3 heteroatoms. The van der Waals surface area contributed by atoms with E-state index in [2.05, 4.69) is 4.90 Å². The Bertz CT molecular complexity index is 203. The molecule has 2 fully saturated rings. The quantitative estimate of drug-likeness (QED) is 0.611. The van der Waals surface area contributed by atoms with E-state index in [1.54, 1.807) is 14.0 Å². The third-order valence-electron chi connectivity index (χ3n) is 3.39. The van der Waals surface area contributed by atoms with Gasteiger partial charge in [-0.1, -0.05) is 0 Å². The molecule has 74 valence electrons. The number of hydrogen-bond acceptors (Lipinski definition) is 2. The van der Waals surface area contributed by atoms with Gasteiger partial charge in [-0.05, 0) is 25.7 Å². The van der Waals surface area contributed by atoms with E-state index in [0.717, 1.165) is 12.8 Å². The van der Waals surface area contributed by atoms with E-state index < -0.39 is 0 Å². The standard InChI is InChI=1S/C10H17NO2/c1-7(12)11-8-3-4-9(11)6-10(5-8)13-2/h8-10H,3-6H2,1-2H3. The van der Waals surface area contributed by atoms with Crippen LogP contribution in [-0.2, 0) is 9.53 Å². The number of piperidine rings is 1. The number of hydrogen-bond donors (Lipinski definition) is 0. The highest BCUT2D eigenvalue weighted by molar-refractivity contribution is 5.74. The first kappa shape index (κ1) is 9.00. The minimum absolute atomic E-state index is 0.238. The van der Waals surface area contributed by atoms with Crippen LogP contribution in [0.3, 0.4) is 0 Å². The average Bonchev–Trinajstić information content (AvgIpc) is 2.37. The molecule has 0 N–H and O–H groups in total. The normalized spacial score (nSPS) is 38.0. The third-order valence-corrected chi connectivity index (χ3v) is 3.39. The Balaban J connectivity index is 2.08. The van der Waals surface area contributed by atoms with E-state index in [0.29, 0.717) is 18.2 Å². The van der Waals surface area contributed by atoms with Crippen LogP contribution in [0.1, 0.15) is 32.6 Å². The maximum atomic E-state index is 11.3. The van der Waals surface area contributed by atoms with Gasteiger partial charge in [-0.25, -0.2) is 0 Å². The van der Waals surface area contributed by atoms with Crippen LogP contribution in [0.25, 0.3) is 0 Å².